The molecular weight excluding hydrogens is 238 g/mol. The fraction of sp³-hybridized carbons (Fsp3) is 0.167. The van der Waals surface area contributed by atoms with Gasteiger partial charge in [-0.05, 0) is 12.1 Å². The number of esters is 1. The van der Waals surface area contributed by atoms with Gasteiger partial charge in [-0.3, -0.25) is 0 Å². The third-order valence-corrected chi connectivity index (χ3v) is 2.55. The molecule has 6 heteroatoms. The molecule has 0 fully saturated rings. The number of aliphatic hydroxyl groups is 1. The number of nitriles is 1. The molecule has 0 bridgehead atoms. The third kappa shape index (κ3) is 1.67. The van der Waals surface area contributed by atoms with Gasteiger partial charge in [0, 0.05) is 10.9 Å². The molecule has 18 heavy (non-hydrogen) atoms. The summed E-state index contributed by atoms with van der Waals surface area (Å²) in [5, 5.41) is 28.3. The van der Waals surface area contributed by atoms with E-state index in [0.29, 0.717) is 5.39 Å². The van der Waals surface area contributed by atoms with Crippen LogP contribution in [-0.2, 0) is 11.3 Å². The van der Waals surface area contributed by atoms with Crippen LogP contribution in [0.2, 0.25) is 0 Å². The number of methoxy groups -OCH3 is 1. The summed E-state index contributed by atoms with van der Waals surface area (Å²) in [5.41, 5.74) is 0.230. The topological polar surface area (TPSA) is 104 Å². The van der Waals surface area contributed by atoms with E-state index in [1.54, 1.807) is 0 Å². The molecule has 2 aromatic rings. The van der Waals surface area contributed by atoms with Crippen molar-refractivity contribution in [3.05, 3.63) is 29.0 Å². The van der Waals surface area contributed by atoms with Gasteiger partial charge in [0.15, 0.2) is 11.3 Å². The molecule has 0 saturated carbocycles. The van der Waals surface area contributed by atoms with E-state index in [1.807, 2.05) is 6.07 Å². The first kappa shape index (κ1) is 12.0. The molecule has 0 saturated heterocycles. The van der Waals surface area contributed by atoms with Crippen molar-refractivity contribution in [1.82, 2.24) is 0 Å². The van der Waals surface area contributed by atoms with Crippen LogP contribution in [-0.4, -0.2) is 23.3 Å². The maximum atomic E-state index is 11.3. The molecule has 6 nitrogen and oxygen atoms in total. The van der Waals surface area contributed by atoms with Crippen LogP contribution in [0, 0.1) is 11.3 Å². The van der Waals surface area contributed by atoms with E-state index in [4.69, 9.17) is 14.8 Å². The summed E-state index contributed by atoms with van der Waals surface area (Å²) in [6, 6.07) is 4.65. The molecule has 0 atom stereocenters. The standard InChI is InChI=1S/C12H9NO5/c1-17-12(16)9-3-6-2-7(4-13)8(5-14)10(15)11(6)18-9/h2-3,14-15H,5H2,1H3. The number of hydrogen-bond donors (Lipinski definition) is 2. The minimum Gasteiger partial charge on any atom is -0.504 e. The first-order chi connectivity index (χ1) is 8.62. The smallest absolute Gasteiger partial charge is 0.373 e. The van der Waals surface area contributed by atoms with Crippen LogP contribution in [0.3, 0.4) is 0 Å². The second-order valence-corrected chi connectivity index (χ2v) is 3.54. The molecule has 1 heterocycles. The fourth-order valence-corrected chi connectivity index (χ4v) is 1.67. The number of benzene rings is 1. The Morgan fingerprint density at radius 1 is 1.56 bits per heavy atom. The minimum atomic E-state index is -0.686. The van der Waals surface area contributed by atoms with E-state index < -0.39 is 12.6 Å². The summed E-state index contributed by atoms with van der Waals surface area (Å²) in [4.78, 5) is 11.3. The number of aromatic hydroxyl groups is 1. The highest BCUT2D eigenvalue weighted by molar-refractivity contribution is 5.95. The molecule has 0 aliphatic carbocycles. The maximum Gasteiger partial charge on any atom is 0.373 e. The number of aliphatic hydroxyl groups excluding tert-OH is 1. The van der Waals surface area contributed by atoms with Crippen molar-refractivity contribution < 1.29 is 24.2 Å². The average molecular weight is 247 g/mol. The zero-order valence-corrected chi connectivity index (χ0v) is 9.43. The van der Waals surface area contributed by atoms with Gasteiger partial charge in [-0.25, -0.2) is 4.79 Å². The maximum absolute atomic E-state index is 11.3. The van der Waals surface area contributed by atoms with Gasteiger partial charge in [0.05, 0.1) is 25.3 Å². The largest absolute Gasteiger partial charge is 0.504 e. The number of furan rings is 1. The van der Waals surface area contributed by atoms with Crippen LogP contribution in [0.5, 0.6) is 5.75 Å². The van der Waals surface area contributed by atoms with Crippen LogP contribution < -0.4 is 0 Å². The lowest BCUT2D eigenvalue weighted by molar-refractivity contribution is 0.0567. The van der Waals surface area contributed by atoms with E-state index >= 15 is 0 Å². The van der Waals surface area contributed by atoms with Crippen molar-refractivity contribution in [1.29, 1.82) is 5.26 Å². The van der Waals surface area contributed by atoms with E-state index in [0.717, 1.165) is 0 Å². The van der Waals surface area contributed by atoms with E-state index in [9.17, 15) is 9.90 Å². The number of carbonyl (C=O) groups is 1. The Balaban J connectivity index is 2.74. The molecule has 0 spiro atoms. The second-order valence-electron chi connectivity index (χ2n) is 3.54. The van der Waals surface area contributed by atoms with Gasteiger partial charge in [0.2, 0.25) is 5.76 Å². The van der Waals surface area contributed by atoms with Gasteiger partial charge >= 0.3 is 5.97 Å². The van der Waals surface area contributed by atoms with Crippen molar-refractivity contribution in [2.24, 2.45) is 0 Å². The average Bonchev–Trinajstić information content (AvgIpc) is 2.81. The molecule has 2 N–H and O–H groups in total. The van der Waals surface area contributed by atoms with Gasteiger partial charge in [-0.15, -0.1) is 0 Å². The van der Waals surface area contributed by atoms with Crippen LogP contribution in [0.25, 0.3) is 11.0 Å². The third-order valence-electron chi connectivity index (χ3n) is 2.55. The van der Waals surface area contributed by atoms with Crippen LogP contribution in [0.1, 0.15) is 21.7 Å². The lowest BCUT2D eigenvalue weighted by Gasteiger charge is -2.03. The lowest BCUT2D eigenvalue weighted by Crippen LogP contribution is -1.97. The van der Waals surface area contributed by atoms with Crippen LogP contribution >= 0.6 is 0 Å². The number of rotatable bonds is 2. The molecule has 1 aromatic heterocycles. The monoisotopic (exact) mass is 247 g/mol. The zero-order chi connectivity index (χ0) is 13.3. The Morgan fingerprint density at radius 3 is 2.83 bits per heavy atom. The number of carbonyl (C=O) groups excluding carboxylic acids is 1. The molecule has 0 aliphatic rings. The number of nitrogens with zero attached hydrogens (tertiary/aromatic N) is 1. The van der Waals surface area contributed by atoms with E-state index in [1.165, 1.54) is 19.2 Å². The Hall–Kier alpha value is -2.52. The normalized spacial score (nSPS) is 10.3. The zero-order valence-electron chi connectivity index (χ0n) is 9.43. The minimum absolute atomic E-state index is 0.0402. The Bertz CT molecular complexity index is 665. The molecular formula is C12H9NO5. The van der Waals surface area contributed by atoms with Gasteiger partial charge in [-0.2, -0.15) is 5.26 Å². The Labute approximate surface area is 102 Å². The molecule has 0 aliphatic heterocycles. The fourth-order valence-electron chi connectivity index (χ4n) is 1.67. The second kappa shape index (κ2) is 4.39. The Morgan fingerprint density at radius 2 is 2.28 bits per heavy atom. The summed E-state index contributed by atoms with van der Waals surface area (Å²) in [7, 11) is 1.20. The number of ether oxygens (including phenoxy) is 1. The predicted octanol–water partition coefficient (Wildman–Crippen LogP) is 1.29. The number of hydrogen-bond acceptors (Lipinski definition) is 6. The molecule has 1 aromatic carbocycles. The summed E-state index contributed by atoms with van der Waals surface area (Å²) < 4.78 is 9.64. The van der Waals surface area contributed by atoms with Gasteiger partial charge < -0.3 is 19.4 Å². The van der Waals surface area contributed by atoms with E-state index in [2.05, 4.69) is 4.74 Å². The van der Waals surface area contributed by atoms with Crippen molar-refractivity contribution in [3.8, 4) is 11.8 Å². The highest BCUT2D eigenvalue weighted by Gasteiger charge is 2.19. The SMILES string of the molecule is COC(=O)c1cc2cc(C#N)c(CO)c(O)c2o1. The Kier molecular flexibility index (Phi) is 2.92. The quantitative estimate of drug-likeness (QED) is 0.775. The van der Waals surface area contributed by atoms with Crippen LogP contribution in [0.4, 0.5) is 0 Å². The highest BCUT2D eigenvalue weighted by Crippen LogP contribution is 2.34. The number of fused-ring (bicyclic) bond motifs is 1. The van der Waals surface area contributed by atoms with Gasteiger partial charge in [0.25, 0.3) is 0 Å². The molecule has 92 valence electrons. The molecule has 0 amide bonds. The first-order valence-corrected chi connectivity index (χ1v) is 5.00. The predicted molar refractivity (Wildman–Crippen MR) is 59.9 cm³/mol. The summed E-state index contributed by atoms with van der Waals surface area (Å²) in [6.45, 7) is -0.501. The van der Waals surface area contributed by atoms with E-state index in [-0.39, 0.29) is 28.2 Å². The summed E-state index contributed by atoms with van der Waals surface area (Å²) in [5.74, 6) is -1.11. The lowest BCUT2D eigenvalue weighted by atomic mass is 10.1. The van der Waals surface area contributed by atoms with Crippen LogP contribution in [0.15, 0.2) is 16.5 Å². The molecule has 0 radical (unpaired) electrons. The van der Waals surface area contributed by atoms with Gasteiger partial charge in [-0.1, -0.05) is 0 Å². The number of phenols is 1. The summed E-state index contributed by atoms with van der Waals surface area (Å²) >= 11 is 0. The van der Waals surface area contributed by atoms with Crippen molar-refractivity contribution >= 4 is 16.9 Å². The highest BCUT2D eigenvalue weighted by atomic mass is 16.5. The van der Waals surface area contributed by atoms with Crippen molar-refractivity contribution in [3.63, 3.8) is 0 Å². The molecule has 2 rings (SSSR count). The van der Waals surface area contributed by atoms with Crippen molar-refractivity contribution in [2.45, 2.75) is 6.61 Å². The summed E-state index contributed by atoms with van der Waals surface area (Å²) in [6.07, 6.45) is 0. The first-order valence-electron chi connectivity index (χ1n) is 5.00. The van der Waals surface area contributed by atoms with Gasteiger partial charge in [0.1, 0.15) is 0 Å². The molecule has 0 unspecified atom stereocenters. The van der Waals surface area contributed by atoms with Crippen molar-refractivity contribution in [2.75, 3.05) is 7.11 Å².